The summed E-state index contributed by atoms with van der Waals surface area (Å²) in [7, 11) is 1.61. The van der Waals surface area contributed by atoms with Crippen molar-refractivity contribution in [3.63, 3.8) is 0 Å². The molecule has 0 spiro atoms. The zero-order valence-electron chi connectivity index (χ0n) is 11.7. The fourth-order valence-corrected chi connectivity index (χ4v) is 2.87. The fraction of sp³-hybridized carbons (Fsp3) is 0.267. The van der Waals surface area contributed by atoms with Gasteiger partial charge in [0.2, 0.25) is 5.91 Å². The van der Waals surface area contributed by atoms with Gasteiger partial charge in [-0.2, -0.15) is 0 Å². The maximum atomic E-state index is 11.8. The van der Waals surface area contributed by atoms with Gasteiger partial charge in [-0.05, 0) is 42.8 Å². The van der Waals surface area contributed by atoms with Crippen LogP contribution in [0.5, 0.6) is 5.75 Å². The maximum Gasteiger partial charge on any atom is 0.238 e. The first-order chi connectivity index (χ1) is 10.2. The van der Waals surface area contributed by atoms with Crippen molar-refractivity contribution in [2.75, 3.05) is 25.5 Å². The van der Waals surface area contributed by atoms with Crippen molar-refractivity contribution < 1.29 is 9.53 Å². The summed E-state index contributed by atoms with van der Waals surface area (Å²) in [6.07, 6.45) is 0.868. The van der Waals surface area contributed by atoms with Crippen LogP contribution in [0.4, 0.5) is 5.69 Å². The Morgan fingerprint density at radius 2 is 2.00 bits per heavy atom. The molecule has 0 aliphatic rings. The number of amides is 1. The second-order valence-corrected chi connectivity index (χ2v) is 6.21. The van der Waals surface area contributed by atoms with Crippen molar-refractivity contribution in [3.05, 3.63) is 45.6 Å². The standard InChI is InChI=1S/C15H17ClN2O2S/c1-20-12-4-2-11(3-5-12)18-15(19)10-17-9-8-13-6-7-14(16)21-13/h2-7,17H,8-10H2,1H3,(H,18,19). The van der Waals surface area contributed by atoms with Gasteiger partial charge >= 0.3 is 0 Å². The lowest BCUT2D eigenvalue weighted by atomic mass is 10.3. The Kier molecular flexibility index (Phi) is 6.04. The number of rotatable bonds is 7. The van der Waals surface area contributed by atoms with Gasteiger partial charge in [0.1, 0.15) is 5.75 Å². The normalized spacial score (nSPS) is 10.4. The van der Waals surface area contributed by atoms with Crippen LogP contribution >= 0.6 is 22.9 Å². The highest BCUT2D eigenvalue weighted by Crippen LogP contribution is 2.21. The van der Waals surface area contributed by atoms with Crippen LogP contribution in [0.3, 0.4) is 0 Å². The van der Waals surface area contributed by atoms with Crippen LogP contribution in [0, 0.1) is 0 Å². The number of anilines is 1. The van der Waals surface area contributed by atoms with Gasteiger partial charge in [0.15, 0.2) is 0 Å². The topological polar surface area (TPSA) is 50.4 Å². The summed E-state index contributed by atoms with van der Waals surface area (Å²) in [4.78, 5) is 13.0. The van der Waals surface area contributed by atoms with Gasteiger partial charge in [0.05, 0.1) is 18.0 Å². The molecule has 0 radical (unpaired) electrons. The monoisotopic (exact) mass is 324 g/mol. The van der Waals surface area contributed by atoms with Gasteiger partial charge < -0.3 is 15.4 Å². The average molecular weight is 325 g/mol. The van der Waals surface area contributed by atoms with Crippen LogP contribution in [0.25, 0.3) is 0 Å². The quantitative estimate of drug-likeness (QED) is 0.769. The minimum atomic E-state index is -0.0654. The van der Waals surface area contributed by atoms with E-state index in [1.807, 2.05) is 36.4 Å². The molecule has 0 saturated carbocycles. The predicted octanol–water partition coefficient (Wildman–Crippen LogP) is 3.18. The number of carbonyl (C=O) groups is 1. The zero-order chi connectivity index (χ0) is 15.1. The molecule has 1 aromatic carbocycles. The molecule has 0 fully saturated rings. The lowest BCUT2D eigenvalue weighted by Gasteiger charge is -2.07. The number of nitrogens with one attached hydrogen (secondary N) is 2. The third-order valence-corrected chi connectivity index (χ3v) is 4.13. The summed E-state index contributed by atoms with van der Waals surface area (Å²) in [6, 6.07) is 11.1. The van der Waals surface area contributed by atoms with Gasteiger partial charge in [-0.25, -0.2) is 0 Å². The molecular formula is C15H17ClN2O2S. The molecule has 0 aliphatic heterocycles. The Morgan fingerprint density at radius 1 is 1.24 bits per heavy atom. The molecule has 2 rings (SSSR count). The summed E-state index contributed by atoms with van der Waals surface area (Å²) in [5, 5.41) is 5.93. The van der Waals surface area contributed by atoms with Crippen molar-refractivity contribution in [1.82, 2.24) is 5.32 Å². The van der Waals surface area contributed by atoms with Gasteiger partial charge in [0, 0.05) is 17.1 Å². The summed E-state index contributed by atoms with van der Waals surface area (Å²) in [5.41, 5.74) is 0.757. The van der Waals surface area contributed by atoms with Crippen molar-refractivity contribution in [2.24, 2.45) is 0 Å². The molecule has 0 aliphatic carbocycles. The van der Waals surface area contributed by atoms with Crippen LogP contribution in [0.15, 0.2) is 36.4 Å². The molecule has 2 aromatic rings. The number of thiophene rings is 1. The van der Waals surface area contributed by atoms with Crippen molar-refractivity contribution in [1.29, 1.82) is 0 Å². The zero-order valence-corrected chi connectivity index (χ0v) is 13.3. The summed E-state index contributed by atoms with van der Waals surface area (Å²) < 4.78 is 5.86. The van der Waals surface area contributed by atoms with Crippen LogP contribution in [0.1, 0.15) is 4.88 Å². The molecular weight excluding hydrogens is 308 g/mol. The highest BCUT2D eigenvalue weighted by molar-refractivity contribution is 7.16. The number of carbonyl (C=O) groups excluding carboxylic acids is 1. The molecule has 112 valence electrons. The van der Waals surface area contributed by atoms with Gasteiger partial charge in [-0.15, -0.1) is 11.3 Å². The lowest BCUT2D eigenvalue weighted by molar-refractivity contribution is -0.115. The molecule has 1 heterocycles. The molecule has 6 heteroatoms. The third kappa shape index (κ3) is 5.38. The second kappa shape index (κ2) is 8.02. The third-order valence-electron chi connectivity index (χ3n) is 2.84. The Labute approximate surface area is 133 Å². The predicted molar refractivity (Wildman–Crippen MR) is 87.5 cm³/mol. The lowest BCUT2D eigenvalue weighted by Crippen LogP contribution is -2.29. The van der Waals surface area contributed by atoms with Crippen molar-refractivity contribution in [2.45, 2.75) is 6.42 Å². The number of ether oxygens (including phenoxy) is 1. The SMILES string of the molecule is COc1ccc(NC(=O)CNCCc2ccc(Cl)s2)cc1. The molecule has 0 bridgehead atoms. The first-order valence-corrected chi connectivity index (χ1v) is 7.75. The van der Waals surface area contributed by atoms with E-state index in [9.17, 15) is 4.79 Å². The second-order valence-electron chi connectivity index (χ2n) is 4.41. The van der Waals surface area contributed by atoms with E-state index in [-0.39, 0.29) is 12.5 Å². The van der Waals surface area contributed by atoms with E-state index in [1.165, 1.54) is 4.88 Å². The van der Waals surface area contributed by atoms with Crippen LogP contribution in [-0.2, 0) is 11.2 Å². The number of hydrogen-bond acceptors (Lipinski definition) is 4. The van der Waals surface area contributed by atoms with E-state index in [0.29, 0.717) is 0 Å². The summed E-state index contributed by atoms with van der Waals surface area (Å²) >= 11 is 7.43. The van der Waals surface area contributed by atoms with Crippen molar-refractivity contribution >= 4 is 34.5 Å². The fourth-order valence-electron chi connectivity index (χ4n) is 1.78. The Morgan fingerprint density at radius 3 is 2.62 bits per heavy atom. The highest BCUT2D eigenvalue weighted by atomic mass is 35.5. The van der Waals surface area contributed by atoms with E-state index in [1.54, 1.807) is 18.4 Å². The van der Waals surface area contributed by atoms with Gasteiger partial charge in [-0.3, -0.25) is 4.79 Å². The van der Waals surface area contributed by atoms with E-state index in [4.69, 9.17) is 16.3 Å². The van der Waals surface area contributed by atoms with Crippen LogP contribution in [-0.4, -0.2) is 26.1 Å². The Hall–Kier alpha value is -1.56. The van der Waals surface area contributed by atoms with E-state index in [2.05, 4.69) is 10.6 Å². The number of halogens is 1. The maximum absolute atomic E-state index is 11.8. The number of hydrogen-bond donors (Lipinski definition) is 2. The molecule has 0 unspecified atom stereocenters. The molecule has 0 saturated heterocycles. The molecule has 4 nitrogen and oxygen atoms in total. The molecule has 21 heavy (non-hydrogen) atoms. The minimum absolute atomic E-state index is 0.0654. The Balaban J connectivity index is 1.67. The molecule has 0 atom stereocenters. The smallest absolute Gasteiger partial charge is 0.238 e. The highest BCUT2D eigenvalue weighted by Gasteiger charge is 2.03. The largest absolute Gasteiger partial charge is 0.497 e. The summed E-state index contributed by atoms with van der Waals surface area (Å²) in [6.45, 7) is 1.03. The first-order valence-electron chi connectivity index (χ1n) is 6.56. The van der Waals surface area contributed by atoms with Gasteiger partial charge in [0.25, 0.3) is 0 Å². The van der Waals surface area contributed by atoms with E-state index in [0.717, 1.165) is 28.7 Å². The van der Waals surface area contributed by atoms with E-state index >= 15 is 0 Å². The Bertz CT molecular complexity index is 584. The summed E-state index contributed by atoms with van der Waals surface area (Å²) in [5.74, 6) is 0.699. The van der Waals surface area contributed by atoms with Crippen LogP contribution in [0.2, 0.25) is 4.34 Å². The first kappa shape index (κ1) is 15.8. The number of benzene rings is 1. The van der Waals surface area contributed by atoms with Gasteiger partial charge in [-0.1, -0.05) is 11.6 Å². The molecule has 2 N–H and O–H groups in total. The molecule has 1 amide bonds. The molecule has 1 aromatic heterocycles. The van der Waals surface area contributed by atoms with E-state index < -0.39 is 0 Å². The van der Waals surface area contributed by atoms with Crippen LogP contribution < -0.4 is 15.4 Å². The number of methoxy groups -OCH3 is 1. The van der Waals surface area contributed by atoms with Crippen molar-refractivity contribution in [3.8, 4) is 5.75 Å². The average Bonchev–Trinajstić information content (AvgIpc) is 2.90. The minimum Gasteiger partial charge on any atom is -0.497 e.